The number of halogens is 1. The number of nitrogens with one attached hydrogen (secondary N) is 1. The van der Waals surface area contributed by atoms with Gasteiger partial charge in [-0.05, 0) is 48.0 Å². The summed E-state index contributed by atoms with van der Waals surface area (Å²) in [6.45, 7) is 0.272. The highest BCUT2D eigenvalue weighted by atomic mass is 19.1. The molecule has 134 valence electrons. The number of hydrogen-bond donors (Lipinski definition) is 1. The Morgan fingerprint density at radius 3 is 2.56 bits per heavy atom. The number of aromatic amines is 1. The minimum atomic E-state index is -0.305. The van der Waals surface area contributed by atoms with Gasteiger partial charge in [-0.3, -0.25) is 14.7 Å². The molecule has 1 heterocycles. The summed E-state index contributed by atoms with van der Waals surface area (Å²) >= 11 is 0. The lowest BCUT2D eigenvalue weighted by atomic mass is 10.1. The van der Waals surface area contributed by atoms with Crippen molar-refractivity contribution >= 4 is 23.0 Å². The molecular formula is C21H16FN3O2. The summed E-state index contributed by atoms with van der Waals surface area (Å²) in [6.07, 6.45) is 0.627. The molecular weight excluding hydrogens is 345 g/mol. The molecule has 27 heavy (non-hydrogen) atoms. The van der Waals surface area contributed by atoms with Gasteiger partial charge in [0.05, 0.1) is 16.9 Å². The number of carbonyl (C=O) groups is 1. The summed E-state index contributed by atoms with van der Waals surface area (Å²) in [5.41, 5.74) is 3.81. The number of hydrogen-bond acceptors (Lipinski definition) is 3. The topological polar surface area (TPSA) is 58.2 Å². The largest absolute Gasteiger partial charge is 0.277 e. The van der Waals surface area contributed by atoms with E-state index in [1.165, 1.54) is 17.2 Å². The van der Waals surface area contributed by atoms with Crippen molar-refractivity contribution in [2.24, 2.45) is 0 Å². The third-order valence-corrected chi connectivity index (χ3v) is 4.23. The number of fused-ring (bicyclic) bond motifs is 1. The maximum atomic E-state index is 13.2. The van der Waals surface area contributed by atoms with Gasteiger partial charge in [0.15, 0.2) is 0 Å². The van der Waals surface area contributed by atoms with Gasteiger partial charge in [-0.1, -0.05) is 30.3 Å². The van der Waals surface area contributed by atoms with Crippen molar-refractivity contribution in [1.29, 1.82) is 0 Å². The fourth-order valence-electron chi connectivity index (χ4n) is 2.85. The predicted molar refractivity (Wildman–Crippen MR) is 101 cm³/mol. The van der Waals surface area contributed by atoms with Crippen LogP contribution in [0.25, 0.3) is 22.2 Å². The quantitative estimate of drug-likeness (QED) is 0.407. The Balaban J connectivity index is 1.64. The fourth-order valence-corrected chi connectivity index (χ4v) is 2.85. The number of H-pyrrole nitrogens is 1. The second kappa shape index (κ2) is 7.39. The van der Waals surface area contributed by atoms with Gasteiger partial charge in [0.2, 0.25) is 6.41 Å². The van der Waals surface area contributed by atoms with Crippen LogP contribution in [-0.4, -0.2) is 16.6 Å². The maximum Gasteiger partial charge on any atom is 0.238 e. The third kappa shape index (κ3) is 3.56. The standard InChI is InChI=1S/C21H16FN3O2/c22-17-8-6-16(7-9-17)21-19-12-18(10-11-20(19)23-24-21)25(14-26)27-13-15-4-2-1-3-5-15/h1-12,14H,13H2,(H,23,24). The van der Waals surface area contributed by atoms with Gasteiger partial charge in [0.1, 0.15) is 12.4 Å². The maximum absolute atomic E-state index is 13.2. The molecule has 4 rings (SSSR count). The van der Waals surface area contributed by atoms with Crippen molar-refractivity contribution in [3.05, 3.63) is 84.2 Å². The molecule has 3 aromatic carbocycles. The van der Waals surface area contributed by atoms with Crippen LogP contribution < -0.4 is 5.06 Å². The molecule has 6 heteroatoms. The summed E-state index contributed by atoms with van der Waals surface area (Å²) < 4.78 is 13.2. The highest BCUT2D eigenvalue weighted by Gasteiger charge is 2.13. The average Bonchev–Trinajstić information content (AvgIpc) is 3.13. The Kier molecular flexibility index (Phi) is 4.63. The highest BCUT2D eigenvalue weighted by molar-refractivity contribution is 5.95. The van der Waals surface area contributed by atoms with Crippen molar-refractivity contribution < 1.29 is 14.0 Å². The molecule has 0 unspecified atom stereocenters. The van der Waals surface area contributed by atoms with E-state index in [1.54, 1.807) is 18.2 Å². The monoisotopic (exact) mass is 361 g/mol. The van der Waals surface area contributed by atoms with Crippen LogP contribution in [0.5, 0.6) is 0 Å². The zero-order valence-electron chi connectivity index (χ0n) is 14.3. The molecule has 1 aromatic heterocycles. The van der Waals surface area contributed by atoms with E-state index in [1.807, 2.05) is 42.5 Å². The zero-order valence-corrected chi connectivity index (χ0v) is 14.3. The predicted octanol–water partition coefficient (Wildman–Crippen LogP) is 4.46. The molecule has 0 aliphatic rings. The van der Waals surface area contributed by atoms with Crippen LogP contribution in [0.15, 0.2) is 72.8 Å². The minimum absolute atomic E-state index is 0.272. The summed E-state index contributed by atoms with van der Waals surface area (Å²) in [7, 11) is 0. The molecule has 0 radical (unpaired) electrons. The van der Waals surface area contributed by atoms with Crippen LogP contribution in [0.2, 0.25) is 0 Å². The third-order valence-electron chi connectivity index (χ3n) is 4.23. The van der Waals surface area contributed by atoms with E-state index in [0.29, 0.717) is 17.8 Å². The zero-order chi connectivity index (χ0) is 18.6. The van der Waals surface area contributed by atoms with E-state index in [4.69, 9.17) is 4.84 Å². The molecule has 0 bridgehead atoms. The van der Waals surface area contributed by atoms with E-state index < -0.39 is 0 Å². The molecule has 4 aromatic rings. The molecule has 0 aliphatic heterocycles. The number of carbonyl (C=O) groups excluding carboxylic acids is 1. The van der Waals surface area contributed by atoms with Gasteiger partial charge >= 0.3 is 0 Å². The second-order valence-electron chi connectivity index (χ2n) is 6.00. The normalized spacial score (nSPS) is 10.9. The molecule has 0 fully saturated rings. The number of aromatic nitrogens is 2. The van der Waals surface area contributed by atoms with Gasteiger partial charge in [-0.25, -0.2) is 4.39 Å². The van der Waals surface area contributed by atoms with Gasteiger partial charge in [-0.2, -0.15) is 10.2 Å². The first-order valence-electron chi connectivity index (χ1n) is 8.40. The Labute approximate surface area is 155 Å². The van der Waals surface area contributed by atoms with Crippen LogP contribution in [0.4, 0.5) is 10.1 Å². The summed E-state index contributed by atoms with van der Waals surface area (Å²) in [4.78, 5) is 17.2. The van der Waals surface area contributed by atoms with Crippen LogP contribution in [0, 0.1) is 5.82 Å². The van der Waals surface area contributed by atoms with Gasteiger partial charge < -0.3 is 0 Å². The van der Waals surface area contributed by atoms with Crippen LogP contribution >= 0.6 is 0 Å². The first kappa shape index (κ1) is 16.9. The molecule has 0 spiro atoms. The molecule has 0 aliphatic carbocycles. The van der Waals surface area contributed by atoms with Crippen LogP contribution in [0.3, 0.4) is 0 Å². The van der Waals surface area contributed by atoms with Crippen molar-refractivity contribution in [1.82, 2.24) is 10.2 Å². The molecule has 0 atom stereocenters. The Bertz CT molecular complexity index is 1060. The number of benzene rings is 3. The first-order chi connectivity index (χ1) is 13.2. The smallest absolute Gasteiger partial charge is 0.238 e. The van der Waals surface area contributed by atoms with E-state index in [0.717, 1.165) is 22.0 Å². The highest BCUT2D eigenvalue weighted by Crippen LogP contribution is 2.29. The van der Waals surface area contributed by atoms with Crippen molar-refractivity contribution in [2.45, 2.75) is 6.61 Å². The molecule has 0 saturated carbocycles. The van der Waals surface area contributed by atoms with Gasteiger partial charge in [0, 0.05) is 10.9 Å². The number of rotatable bonds is 6. The second-order valence-corrected chi connectivity index (χ2v) is 6.00. The van der Waals surface area contributed by atoms with E-state index in [2.05, 4.69) is 10.2 Å². The molecule has 1 N–H and O–H groups in total. The van der Waals surface area contributed by atoms with Gasteiger partial charge in [0.25, 0.3) is 0 Å². The number of amides is 1. The van der Waals surface area contributed by atoms with Gasteiger partial charge in [-0.15, -0.1) is 0 Å². The number of hydroxylamine groups is 1. The van der Waals surface area contributed by atoms with E-state index in [9.17, 15) is 9.18 Å². The van der Waals surface area contributed by atoms with Crippen molar-refractivity contribution in [3.63, 3.8) is 0 Å². The van der Waals surface area contributed by atoms with Crippen molar-refractivity contribution in [2.75, 3.05) is 5.06 Å². The van der Waals surface area contributed by atoms with Crippen molar-refractivity contribution in [3.8, 4) is 11.3 Å². The fraction of sp³-hybridized carbons (Fsp3) is 0.0476. The number of nitrogens with zero attached hydrogens (tertiary/aromatic N) is 2. The lowest BCUT2D eigenvalue weighted by molar-refractivity contribution is -0.114. The first-order valence-corrected chi connectivity index (χ1v) is 8.40. The van der Waals surface area contributed by atoms with E-state index in [-0.39, 0.29) is 12.4 Å². The Hall–Kier alpha value is -3.51. The minimum Gasteiger partial charge on any atom is -0.277 e. The summed E-state index contributed by atoms with van der Waals surface area (Å²) in [5, 5.41) is 9.27. The molecule has 5 nitrogen and oxygen atoms in total. The number of anilines is 1. The van der Waals surface area contributed by atoms with Crippen LogP contribution in [-0.2, 0) is 16.2 Å². The summed E-state index contributed by atoms with van der Waals surface area (Å²) in [6, 6.07) is 21.1. The van der Waals surface area contributed by atoms with E-state index >= 15 is 0 Å². The average molecular weight is 361 g/mol. The lowest BCUT2D eigenvalue weighted by Crippen LogP contribution is -2.21. The lowest BCUT2D eigenvalue weighted by Gasteiger charge is -2.17. The molecule has 1 amide bonds. The van der Waals surface area contributed by atoms with Crippen LogP contribution in [0.1, 0.15) is 5.56 Å². The Morgan fingerprint density at radius 1 is 1.04 bits per heavy atom. The Morgan fingerprint density at radius 2 is 1.81 bits per heavy atom. The SMILES string of the molecule is O=CN(OCc1ccccc1)c1ccc2[nH]nc(-c3ccc(F)cc3)c2c1. The summed E-state index contributed by atoms with van der Waals surface area (Å²) in [5.74, 6) is -0.305. The molecule has 0 saturated heterocycles.